The largest absolute Gasteiger partial charge is 0.456 e. The molecule has 0 atom stereocenters. The van der Waals surface area contributed by atoms with Crippen LogP contribution < -0.4 is 0 Å². The summed E-state index contributed by atoms with van der Waals surface area (Å²) in [5, 5.41) is 13.6. The summed E-state index contributed by atoms with van der Waals surface area (Å²) in [6.45, 7) is 0. The van der Waals surface area contributed by atoms with E-state index in [4.69, 9.17) is 4.42 Å². The molecule has 7 aromatic carbocycles. The van der Waals surface area contributed by atoms with Gasteiger partial charge < -0.3 is 4.42 Å². The quantitative estimate of drug-likeness (QED) is 0.204. The number of hydrogen-bond donors (Lipinski definition) is 0. The highest BCUT2D eigenvalue weighted by Gasteiger charge is 2.20. The second-order valence-corrected chi connectivity index (χ2v) is 11.4. The minimum atomic E-state index is 0.937. The van der Waals surface area contributed by atoms with Crippen LogP contribution in [0.3, 0.4) is 0 Å². The average molecular weight is 527 g/mol. The maximum absolute atomic E-state index is 6.32. The van der Waals surface area contributed by atoms with Crippen molar-refractivity contribution in [2.45, 2.75) is 0 Å². The third-order valence-electron chi connectivity index (χ3n) is 8.33. The molecule has 9 rings (SSSR count). The molecule has 0 aliphatic carbocycles. The molecular weight excluding hydrogens is 504 g/mol. The molecule has 9 aromatic rings. The highest BCUT2D eigenvalue weighted by Crippen LogP contribution is 2.48. The lowest BCUT2D eigenvalue weighted by Gasteiger charge is -2.18. The van der Waals surface area contributed by atoms with Crippen LogP contribution in [0.1, 0.15) is 0 Å². The lowest BCUT2D eigenvalue weighted by molar-refractivity contribution is 0.669. The molecule has 0 unspecified atom stereocenters. The zero-order valence-electron chi connectivity index (χ0n) is 21.5. The van der Waals surface area contributed by atoms with E-state index in [1.807, 2.05) is 17.4 Å². The number of benzene rings is 7. The molecule has 0 aliphatic rings. The molecule has 0 spiro atoms. The SMILES string of the molecule is c1ccc2c(-c3c4ccccc4c(-c4csc5cc6c(cc45)oc4ccccc46)c4ccccc34)cccc2c1. The van der Waals surface area contributed by atoms with Gasteiger partial charge >= 0.3 is 0 Å². The first-order valence-electron chi connectivity index (χ1n) is 13.6. The zero-order valence-corrected chi connectivity index (χ0v) is 22.3. The van der Waals surface area contributed by atoms with Crippen molar-refractivity contribution in [2.75, 3.05) is 0 Å². The van der Waals surface area contributed by atoms with Crippen LogP contribution in [0.15, 0.2) is 137 Å². The molecule has 0 saturated heterocycles. The fraction of sp³-hybridized carbons (Fsp3) is 0. The lowest BCUT2D eigenvalue weighted by atomic mass is 9.84. The predicted molar refractivity (Wildman–Crippen MR) is 172 cm³/mol. The Morgan fingerprint density at radius 2 is 0.975 bits per heavy atom. The van der Waals surface area contributed by atoms with E-state index >= 15 is 0 Å². The van der Waals surface area contributed by atoms with Gasteiger partial charge in [-0.3, -0.25) is 0 Å². The number of para-hydroxylation sites is 1. The second kappa shape index (κ2) is 8.29. The third kappa shape index (κ3) is 3.03. The highest BCUT2D eigenvalue weighted by atomic mass is 32.1. The van der Waals surface area contributed by atoms with Crippen LogP contribution in [0.5, 0.6) is 0 Å². The van der Waals surface area contributed by atoms with Gasteiger partial charge in [-0.05, 0) is 72.6 Å². The van der Waals surface area contributed by atoms with Gasteiger partial charge in [-0.1, -0.05) is 109 Å². The van der Waals surface area contributed by atoms with Crippen LogP contribution in [0.4, 0.5) is 0 Å². The molecule has 0 aliphatic heterocycles. The first-order valence-corrected chi connectivity index (χ1v) is 14.5. The summed E-state index contributed by atoms with van der Waals surface area (Å²) in [4.78, 5) is 0. The van der Waals surface area contributed by atoms with Crippen molar-refractivity contribution < 1.29 is 4.42 Å². The van der Waals surface area contributed by atoms with Crippen LogP contribution in [-0.2, 0) is 0 Å². The molecule has 0 fully saturated rings. The molecule has 186 valence electrons. The van der Waals surface area contributed by atoms with Crippen molar-refractivity contribution in [2.24, 2.45) is 0 Å². The molecule has 2 heteroatoms. The van der Waals surface area contributed by atoms with Crippen molar-refractivity contribution in [3.63, 3.8) is 0 Å². The van der Waals surface area contributed by atoms with E-state index in [1.54, 1.807) is 0 Å². The van der Waals surface area contributed by atoms with E-state index in [0.29, 0.717) is 0 Å². The topological polar surface area (TPSA) is 13.1 Å². The minimum Gasteiger partial charge on any atom is -0.456 e. The molecule has 2 aromatic heterocycles. The molecule has 0 saturated carbocycles. The first-order chi connectivity index (χ1) is 19.8. The van der Waals surface area contributed by atoms with E-state index in [2.05, 4.69) is 127 Å². The molecule has 1 nitrogen and oxygen atoms in total. The van der Waals surface area contributed by atoms with Gasteiger partial charge in [0.05, 0.1) is 0 Å². The molecular formula is C38H22OS. The fourth-order valence-electron chi connectivity index (χ4n) is 6.59. The Bertz CT molecular complexity index is 2380. The smallest absolute Gasteiger partial charge is 0.136 e. The number of thiophene rings is 1. The average Bonchev–Trinajstić information content (AvgIpc) is 3.59. The standard InChI is InChI=1S/C38H22OS/c1-2-12-24-23(10-1)11-9-18-26(24)37-27-14-3-5-16-29(27)38(30-17-6-4-15-28(30)37)33-22-40-36-21-31-25-13-7-8-19-34(25)39-35(31)20-32(33)36/h1-22H. The zero-order chi connectivity index (χ0) is 26.2. The number of hydrogen-bond acceptors (Lipinski definition) is 2. The Hall–Kier alpha value is -4.92. The van der Waals surface area contributed by atoms with Crippen LogP contribution in [-0.4, -0.2) is 0 Å². The van der Waals surface area contributed by atoms with Crippen molar-refractivity contribution in [3.8, 4) is 22.3 Å². The van der Waals surface area contributed by atoms with Gasteiger partial charge in [0, 0.05) is 26.4 Å². The maximum Gasteiger partial charge on any atom is 0.136 e. The lowest BCUT2D eigenvalue weighted by Crippen LogP contribution is -1.91. The van der Waals surface area contributed by atoms with Gasteiger partial charge in [-0.25, -0.2) is 0 Å². The number of rotatable bonds is 2. The van der Waals surface area contributed by atoms with E-state index in [9.17, 15) is 0 Å². The van der Waals surface area contributed by atoms with Gasteiger partial charge in [0.1, 0.15) is 11.2 Å². The summed E-state index contributed by atoms with van der Waals surface area (Å²) in [6.07, 6.45) is 0. The predicted octanol–water partition coefficient (Wildman–Crippen LogP) is 11.6. The normalized spacial score (nSPS) is 12.0. The highest BCUT2D eigenvalue weighted by molar-refractivity contribution is 7.17. The Kier molecular flexibility index (Phi) is 4.55. The van der Waals surface area contributed by atoms with E-state index in [1.165, 1.54) is 75.4 Å². The molecule has 2 heterocycles. The summed E-state index contributed by atoms with van der Waals surface area (Å²) in [7, 11) is 0. The van der Waals surface area contributed by atoms with E-state index in [0.717, 1.165) is 11.2 Å². The molecule has 0 radical (unpaired) electrons. The van der Waals surface area contributed by atoms with Crippen molar-refractivity contribution in [1.29, 1.82) is 0 Å². The third-order valence-corrected chi connectivity index (χ3v) is 9.28. The first kappa shape index (κ1) is 22.0. The van der Waals surface area contributed by atoms with Crippen molar-refractivity contribution >= 4 is 75.7 Å². The summed E-state index contributed by atoms with van der Waals surface area (Å²) in [5.41, 5.74) is 7.00. The van der Waals surface area contributed by atoms with Crippen LogP contribution in [0.25, 0.3) is 86.6 Å². The molecule has 0 N–H and O–H groups in total. The van der Waals surface area contributed by atoms with Gasteiger partial charge in [0.15, 0.2) is 0 Å². The Morgan fingerprint density at radius 1 is 0.400 bits per heavy atom. The Morgan fingerprint density at radius 3 is 1.70 bits per heavy atom. The summed E-state index contributed by atoms with van der Waals surface area (Å²) in [6, 6.07) is 46.0. The summed E-state index contributed by atoms with van der Waals surface area (Å²) < 4.78 is 7.60. The van der Waals surface area contributed by atoms with E-state index in [-0.39, 0.29) is 0 Å². The minimum absolute atomic E-state index is 0.937. The molecule has 0 bridgehead atoms. The van der Waals surface area contributed by atoms with Crippen molar-refractivity contribution in [3.05, 3.63) is 133 Å². The second-order valence-electron chi connectivity index (χ2n) is 10.5. The van der Waals surface area contributed by atoms with Crippen LogP contribution in [0, 0.1) is 0 Å². The van der Waals surface area contributed by atoms with Crippen molar-refractivity contribution in [1.82, 2.24) is 0 Å². The fourth-order valence-corrected chi connectivity index (χ4v) is 7.56. The van der Waals surface area contributed by atoms with Gasteiger partial charge in [-0.15, -0.1) is 11.3 Å². The van der Waals surface area contributed by atoms with Crippen LogP contribution >= 0.6 is 11.3 Å². The Labute approximate surface area is 234 Å². The molecule has 0 amide bonds. The Balaban J connectivity index is 1.42. The van der Waals surface area contributed by atoms with Crippen LogP contribution in [0.2, 0.25) is 0 Å². The summed E-state index contributed by atoms with van der Waals surface area (Å²) >= 11 is 1.81. The molecule has 40 heavy (non-hydrogen) atoms. The van der Waals surface area contributed by atoms with Gasteiger partial charge in [0.2, 0.25) is 0 Å². The van der Waals surface area contributed by atoms with Gasteiger partial charge in [0.25, 0.3) is 0 Å². The monoisotopic (exact) mass is 526 g/mol. The number of furan rings is 1. The number of fused-ring (bicyclic) bond motifs is 7. The van der Waals surface area contributed by atoms with E-state index < -0.39 is 0 Å². The maximum atomic E-state index is 6.32. The summed E-state index contributed by atoms with van der Waals surface area (Å²) in [5.74, 6) is 0. The van der Waals surface area contributed by atoms with Gasteiger partial charge in [-0.2, -0.15) is 0 Å².